The van der Waals surface area contributed by atoms with Crippen molar-refractivity contribution in [2.24, 2.45) is 0 Å². The normalized spacial score (nSPS) is 11.3. The average Bonchev–Trinajstić information content (AvgIpc) is 2.93. The van der Waals surface area contributed by atoms with Crippen LogP contribution in [-0.2, 0) is 0 Å². The van der Waals surface area contributed by atoms with Crippen LogP contribution in [0.15, 0.2) is 41.8 Å². The molecule has 2 aromatic heterocycles. The Balaban J connectivity index is 2.02. The number of benzene rings is 1. The standard InChI is InChI=1S/C16H15N3S/c1-19(2)16-15-13(10-11-20-15)17-14(18-16)9-8-12-6-4-3-5-7-12/h3-11H,1-2H3/b9-8+. The predicted octanol–water partition coefficient (Wildman–Crippen LogP) is 3.93. The highest BCUT2D eigenvalue weighted by molar-refractivity contribution is 7.17. The molecule has 0 spiro atoms. The van der Waals surface area contributed by atoms with Gasteiger partial charge in [-0.1, -0.05) is 36.4 Å². The zero-order chi connectivity index (χ0) is 13.9. The number of nitrogens with zero attached hydrogens (tertiary/aromatic N) is 3. The van der Waals surface area contributed by atoms with E-state index in [2.05, 4.69) is 27.5 Å². The minimum atomic E-state index is 0.739. The smallest absolute Gasteiger partial charge is 0.155 e. The molecule has 0 aliphatic carbocycles. The van der Waals surface area contributed by atoms with Crippen molar-refractivity contribution in [1.82, 2.24) is 9.97 Å². The van der Waals surface area contributed by atoms with Gasteiger partial charge in [-0.3, -0.25) is 0 Å². The maximum Gasteiger partial charge on any atom is 0.155 e. The summed E-state index contributed by atoms with van der Waals surface area (Å²) in [6.45, 7) is 0. The average molecular weight is 281 g/mol. The van der Waals surface area contributed by atoms with Gasteiger partial charge >= 0.3 is 0 Å². The molecule has 0 fully saturated rings. The van der Waals surface area contributed by atoms with E-state index in [4.69, 9.17) is 0 Å². The zero-order valence-electron chi connectivity index (χ0n) is 11.4. The molecule has 0 aliphatic heterocycles. The van der Waals surface area contributed by atoms with Crippen molar-refractivity contribution in [3.63, 3.8) is 0 Å². The first-order valence-corrected chi connectivity index (χ1v) is 7.28. The molecule has 0 saturated carbocycles. The van der Waals surface area contributed by atoms with E-state index < -0.39 is 0 Å². The first-order chi connectivity index (χ1) is 9.74. The Hall–Kier alpha value is -2.20. The Morgan fingerprint density at radius 3 is 2.55 bits per heavy atom. The molecule has 0 amide bonds. The minimum absolute atomic E-state index is 0.739. The molecule has 100 valence electrons. The molecule has 0 bridgehead atoms. The van der Waals surface area contributed by atoms with Gasteiger partial charge in [0.05, 0.1) is 10.2 Å². The van der Waals surface area contributed by atoms with Gasteiger partial charge in [-0.25, -0.2) is 9.97 Å². The third-order valence-corrected chi connectivity index (χ3v) is 3.85. The Bertz CT molecular complexity index is 745. The van der Waals surface area contributed by atoms with Crippen LogP contribution in [0.2, 0.25) is 0 Å². The Kier molecular flexibility index (Phi) is 3.48. The van der Waals surface area contributed by atoms with Crippen molar-refractivity contribution in [3.8, 4) is 0 Å². The molecular weight excluding hydrogens is 266 g/mol. The van der Waals surface area contributed by atoms with Crippen LogP contribution < -0.4 is 4.90 Å². The fourth-order valence-corrected chi connectivity index (χ4v) is 2.88. The molecule has 1 aromatic carbocycles. The summed E-state index contributed by atoms with van der Waals surface area (Å²) in [6.07, 6.45) is 3.99. The number of aromatic nitrogens is 2. The van der Waals surface area contributed by atoms with Crippen molar-refractivity contribution < 1.29 is 0 Å². The van der Waals surface area contributed by atoms with E-state index in [1.165, 1.54) is 0 Å². The first kappa shape index (κ1) is 12.8. The lowest BCUT2D eigenvalue weighted by Gasteiger charge is -2.12. The number of fused-ring (bicyclic) bond motifs is 1. The van der Waals surface area contributed by atoms with Crippen molar-refractivity contribution in [3.05, 3.63) is 53.2 Å². The lowest BCUT2D eigenvalue weighted by Crippen LogP contribution is -2.11. The lowest BCUT2D eigenvalue weighted by molar-refractivity contribution is 1.06. The molecule has 0 radical (unpaired) electrons. The largest absolute Gasteiger partial charge is 0.361 e. The summed E-state index contributed by atoms with van der Waals surface area (Å²) in [7, 11) is 4.01. The van der Waals surface area contributed by atoms with Crippen LogP contribution in [0.5, 0.6) is 0 Å². The summed E-state index contributed by atoms with van der Waals surface area (Å²) in [6, 6.07) is 12.2. The molecule has 3 rings (SSSR count). The lowest BCUT2D eigenvalue weighted by atomic mass is 10.2. The van der Waals surface area contributed by atoms with E-state index in [0.29, 0.717) is 0 Å². The molecular formula is C16H15N3S. The summed E-state index contributed by atoms with van der Waals surface area (Å²) in [5.74, 6) is 1.71. The quantitative estimate of drug-likeness (QED) is 0.728. The van der Waals surface area contributed by atoms with E-state index in [-0.39, 0.29) is 0 Å². The molecule has 0 atom stereocenters. The highest BCUT2D eigenvalue weighted by Crippen LogP contribution is 2.27. The number of rotatable bonds is 3. The van der Waals surface area contributed by atoms with E-state index >= 15 is 0 Å². The van der Waals surface area contributed by atoms with Crippen molar-refractivity contribution in [2.75, 3.05) is 19.0 Å². The molecule has 3 nitrogen and oxygen atoms in total. The van der Waals surface area contributed by atoms with Gasteiger partial charge in [0.1, 0.15) is 5.82 Å². The van der Waals surface area contributed by atoms with Gasteiger partial charge in [0.15, 0.2) is 5.82 Å². The topological polar surface area (TPSA) is 29.0 Å². The minimum Gasteiger partial charge on any atom is -0.361 e. The second kappa shape index (κ2) is 5.43. The molecule has 20 heavy (non-hydrogen) atoms. The first-order valence-electron chi connectivity index (χ1n) is 6.40. The van der Waals surface area contributed by atoms with E-state index in [9.17, 15) is 0 Å². The van der Waals surface area contributed by atoms with Crippen molar-refractivity contribution in [2.45, 2.75) is 0 Å². The third-order valence-electron chi connectivity index (χ3n) is 2.95. The molecule has 4 heteroatoms. The van der Waals surface area contributed by atoms with Crippen LogP contribution in [0.4, 0.5) is 5.82 Å². The van der Waals surface area contributed by atoms with Gasteiger partial charge in [0, 0.05) is 14.1 Å². The van der Waals surface area contributed by atoms with Crippen LogP contribution in [0.1, 0.15) is 11.4 Å². The van der Waals surface area contributed by atoms with Gasteiger partial charge in [-0.15, -0.1) is 11.3 Å². The van der Waals surface area contributed by atoms with Crippen LogP contribution in [0, 0.1) is 0 Å². The van der Waals surface area contributed by atoms with E-state index in [1.54, 1.807) is 11.3 Å². The fourth-order valence-electron chi connectivity index (χ4n) is 1.98. The number of hydrogen-bond acceptors (Lipinski definition) is 4. The summed E-state index contributed by atoms with van der Waals surface area (Å²) in [5, 5.41) is 2.05. The second-order valence-electron chi connectivity index (χ2n) is 4.68. The Morgan fingerprint density at radius 1 is 1.00 bits per heavy atom. The van der Waals surface area contributed by atoms with Crippen LogP contribution in [0.25, 0.3) is 22.4 Å². The Morgan fingerprint density at radius 2 is 1.80 bits per heavy atom. The van der Waals surface area contributed by atoms with Gasteiger partial charge in [-0.2, -0.15) is 0 Å². The molecule has 2 heterocycles. The fraction of sp³-hybridized carbons (Fsp3) is 0.125. The highest BCUT2D eigenvalue weighted by atomic mass is 32.1. The van der Waals surface area contributed by atoms with Gasteiger partial charge < -0.3 is 4.90 Å². The summed E-state index contributed by atoms with van der Waals surface area (Å²) in [5.41, 5.74) is 2.15. The van der Waals surface area contributed by atoms with Gasteiger partial charge in [0.25, 0.3) is 0 Å². The summed E-state index contributed by atoms with van der Waals surface area (Å²) >= 11 is 1.67. The van der Waals surface area contributed by atoms with E-state index in [1.807, 2.05) is 55.4 Å². The SMILES string of the molecule is CN(C)c1nc(/C=C/c2ccccc2)nc2ccsc12. The zero-order valence-corrected chi connectivity index (χ0v) is 12.3. The monoisotopic (exact) mass is 281 g/mol. The maximum absolute atomic E-state index is 4.63. The molecule has 0 saturated heterocycles. The maximum atomic E-state index is 4.63. The second-order valence-corrected chi connectivity index (χ2v) is 5.59. The molecule has 0 aliphatic rings. The molecule has 0 unspecified atom stereocenters. The molecule has 3 aromatic rings. The molecule has 0 N–H and O–H groups in total. The highest BCUT2D eigenvalue weighted by Gasteiger charge is 2.09. The number of thiophene rings is 1. The van der Waals surface area contributed by atoms with Gasteiger partial charge in [-0.05, 0) is 23.1 Å². The van der Waals surface area contributed by atoms with Crippen molar-refractivity contribution >= 4 is 39.5 Å². The van der Waals surface area contributed by atoms with Crippen LogP contribution >= 0.6 is 11.3 Å². The number of hydrogen-bond donors (Lipinski definition) is 0. The van der Waals surface area contributed by atoms with Gasteiger partial charge in [0.2, 0.25) is 0 Å². The van der Waals surface area contributed by atoms with Crippen LogP contribution in [-0.4, -0.2) is 24.1 Å². The number of anilines is 1. The van der Waals surface area contributed by atoms with E-state index in [0.717, 1.165) is 27.4 Å². The van der Waals surface area contributed by atoms with Crippen LogP contribution in [0.3, 0.4) is 0 Å². The van der Waals surface area contributed by atoms with Crippen molar-refractivity contribution in [1.29, 1.82) is 0 Å². The summed E-state index contributed by atoms with van der Waals surface area (Å²) < 4.78 is 1.13. The predicted molar refractivity (Wildman–Crippen MR) is 87.1 cm³/mol. The Labute approximate surface area is 122 Å². The third kappa shape index (κ3) is 2.56. The summed E-state index contributed by atoms with van der Waals surface area (Å²) in [4.78, 5) is 11.2.